The van der Waals surface area contributed by atoms with Crippen LogP contribution < -0.4 is 10.1 Å². The second-order valence-electron chi connectivity index (χ2n) is 10.8. The largest absolute Gasteiger partial charge is 0.493 e. The van der Waals surface area contributed by atoms with Gasteiger partial charge in [0.1, 0.15) is 11.9 Å². The Bertz CT molecular complexity index is 1180. The van der Waals surface area contributed by atoms with Gasteiger partial charge in [-0.3, -0.25) is 9.69 Å². The van der Waals surface area contributed by atoms with Gasteiger partial charge in [-0.25, -0.2) is 9.37 Å². The number of likely N-dealkylation sites (N-methyl/N-ethyl adjacent to an activating group) is 1. The van der Waals surface area contributed by atoms with Gasteiger partial charge in [0.25, 0.3) is 0 Å². The summed E-state index contributed by atoms with van der Waals surface area (Å²) in [5.41, 5.74) is 1.95. The van der Waals surface area contributed by atoms with E-state index in [4.69, 9.17) is 9.72 Å². The van der Waals surface area contributed by atoms with Gasteiger partial charge in [0.05, 0.1) is 13.5 Å². The van der Waals surface area contributed by atoms with E-state index >= 15 is 0 Å². The first-order valence-electron chi connectivity index (χ1n) is 13.9. The predicted octanol–water partition coefficient (Wildman–Crippen LogP) is 5.24. The molecular formula is C29H38F4N4O3. The van der Waals surface area contributed by atoms with Crippen molar-refractivity contribution in [1.29, 1.82) is 0 Å². The molecule has 3 heterocycles. The summed E-state index contributed by atoms with van der Waals surface area (Å²) in [4.78, 5) is 21.0. The number of nitrogens with zero attached hydrogens (tertiary/aromatic N) is 3. The van der Waals surface area contributed by atoms with Crippen molar-refractivity contribution < 1.29 is 32.2 Å². The molecular weight excluding hydrogens is 528 g/mol. The summed E-state index contributed by atoms with van der Waals surface area (Å²) in [7, 11) is 3.19. The number of aromatic nitrogens is 1. The maximum Gasteiger partial charge on any atom is 0.393 e. The van der Waals surface area contributed by atoms with Crippen LogP contribution in [0.2, 0.25) is 0 Å². The summed E-state index contributed by atoms with van der Waals surface area (Å²) in [5, 5.41) is 13.4. The molecule has 2 aliphatic heterocycles. The highest BCUT2D eigenvalue weighted by molar-refractivity contribution is 5.77. The van der Waals surface area contributed by atoms with Crippen LogP contribution in [0, 0.1) is 5.82 Å². The number of aryl methyl sites for hydroxylation is 2. The van der Waals surface area contributed by atoms with E-state index in [1.807, 2.05) is 7.05 Å². The van der Waals surface area contributed by atoms with E-state index in [0.29, 0.717) is 19.5 Å². The molecule has 0 saturated carbocycles. The molecule has 4 rings (SSSR count). The fraction of sp³-hybridized carbons (Fsp3) is 0.586. The Morgan fingerprint density at radius 3 is 2.80 bits per heavy atom. The van der Waals surface area contributed by atoms with Gasteiger partial charge in [0, 0.05) is 36.9 Å². The highest BCUT2D eigenvalue weighted by Crippen LogP contribution is 2.37. The number of fused-ring (bicyclic) bond motifs is 1. The number of ether oxygens (including phenoxy) is 1. The number of nitrogens with one attached hydrogen (secondary N) is 1. The number of carbonyl (C=O) groups is 1. The van der Waals surface area contributed by atoms with Crippen LogP contribution in [-0.4, -0.2) is 78.4 Å². The van der Waals surface area contributed by atoms with Gasteiger partial charge in [0.2, 0.25) is 0 Å². The number of alkyl halides is 3. The molecule has 220 valence electrons. The third-order valence-electron chi connectivity index (χ3n) is 7.85. The molecule has 0 bridgehead atoms. The lowest BCUT2D eigenvalue weighted by molar-refractivity contribution is -0.143. The Morgan fingerprint density at radius 1 is 1.27 bits per heavy atom. The number of hydrogen-bond acceptors (Lipinski definition) is 6. The Balaban J connectivity index is 1.31. The third kappa shape index (κ3) is 7.63. The number of hydrogen-bond donors (Lipinski definition) is 2. The molecule has 0 amide bonds. The zero-order chi connectivity index (χ0) is 28.9. The molecule has 7 nitrogen and oxygen atoms in total. The van der Waals surface area contributed by atoms with Gasteiger partial charge in [0.15, 0.2) is 11.6 Å². The smallest absolute Gasteiger partial charge is 0.393 e. The first-order valence-corrected chi connectivity index (χ1v) is 13.9. The molecule has 1 aromatic carbocycles. The summed E-state index contributed by atoms with van der Waals surface area (Å²) >= 11 is 0. The van der Waals surface area contributed by atoms with Crippen molar-refractivity contribution in [3.05, 3.63) is 52.5 Å². The summed E-state index contributed by atoms with van der Waals surface area (Å²) in [6.07, 6.45) is 0.981. The molecule has 2 atom stereocenters. The SMILES string of the molecule is COc1c(F)cc(CC(F)(F)F)cc1C(C(=O)O)N1CC[C@@H](N(C)CCCCCc2ccc3c(n2)NCCC3)C1. The predicted molar refractivity (Wildman–Crippen MR) is 144 cm³/mol. The number of pyridine rings is 1. The van der Waals surface area contributed by atoms with E-state index in [1.165, 1.54) is 12.7 Å². The maximum atomic E-state index is 14.7. The van der Waals surface area contributed by atoms with Gasteiger partial charge in [-0.2, -0.15) is 13.2 Å². The summed E-state index contributed by atoms with van der Waals surface area (Å²) < 4.78 is 58.7. The number of halogens is 4. The van der Waals surface area contributed by atoms with Crippen LogP contribution in [0.25, 0.3) is 0 Å². The molecule has 0 spiro atoms. The molecule has 2 aromatic rings. The highest BCUT2D eigenvalue weighted by atomic mass is 19.4. The summed E-state index contributed by atoms with van der Waals surface area (Å²) in [6, 6.07) is 4.93. The van der Waals surface area contributed by atoms with E-state index in [1.54, 1.807) is 4.90 Å². The molecule has 11 heteroatoms. The molecule has 1 fully saturated rings. The van der Waals surface area contributed by atoms with Crippen LogP contribution >= 0.6 is 0 Å². The van der Waals surface area contributed by atoms with Crippen LogP contribution in [-0.2, 0) is 24.1 Å². The van der Waals surface area contributed by atoms with Crippen LogP contribution in [0.5, 0.6) is 5.75 Å². The van der Waals surface area contributed by atoms with Crippen molar-refractivity contribution in [2.24, 2.45) is 0 Å². The quantitative estimate of drug-likeness (QED) is 0.269. The summed E-state index contributed by atoms with van der Waals surface area (Å²) in [5.74, 6) is -1.57. The number of aliphatic carboxylic acids is 1. The molecule has 40 heavy (non-hydrogen) atoms. The van der Waals surface area contributed by atoms with Crippen molar-refractivity contribution in [3.63, 3.8) is 0 Å². The van der Waals surface area contributed by atoms with Crippen LogP contribution in [0.1, 0.15) is 60.5 Å². The van der Waals surface area contributed by atoms with E-state index < -0.39 is 30.4 Å². The van der Waals surface area contributed by atoms with Crippen molar-refractivity contribution in [2.75, 3.05) is 45.7 Å². The zero-order valence-electron chi connectivity index (χ0n) is 23.1. The molecule has 1 saturated heterocycles. The second kappa shape index (κ2) is 13.2. The minimum absolute atomic E-state index is 0.0874. The monoisotopic (exact) mass is 566 g/mol. The first-order chi connectivity index (χ1) is 19.1. The number of unbranched alkanes of at least 4 members (excludes halogenated alkanes) is 2. The molecule has 2 N–H and O–H groups in total. The Hall–Kier alpha value is -2.92. The second-order valence-corrected chi connectivity index (χ2v) is 10.8. The number of likely N-dealkylation sites (tertiary alicyclic amines) is 1. The summed E-state index contributed by atoms with van der Waals surface area (Å²) in [6.45, 7) is 2.65. The number of carboxylic acids is 1. The molecule has 2 aliphatic rings. The fourth-order valence-corrected chi connectivity index (χ4v) is 5.81. The molecule has 0 radical (unpaired) electrons. The molecule has 0 aliphatic carbocycles. The first kappa shape index (κ1) is 30.0. The minimum Gasteiger partial charge on any atom is -0.493 e. The van der Waals surface area contributed by atoms with E-state index in [9.17, 15) is 27.5 Å². The Labute approximate surface area is 232 Å². The van der Waals surface area contributed by atoms with Crippen molar-refractivity contribution in [3.8, 4) is 5.75 Å². The standard InChI is InChI=1S/C29H38F4N4O3/c1-36(13-5-3-4-8-21-10-9-20-7-6-12-34-27(20)35-21)22-11-14-37(18-22)25(28(38)39)23-15-19(17-29(31,32)33)16-24(30)26(23)40-2/h9-10,15-16,22,25H,3-8,11-14,17-18H2,1-2H3,(H,34,35)(H,38,39)/t22-,25?/m1/s1. The maximum absolute atomic E-state index is 14.7. The van der Waals surface area contributed by atoms with E-state index in [-0.39, 0.29) is 22.9 Å². The lowest BCUT2D eigenvalue weighted by atomic mass is 9.99. The van der Waals surface area contributed by atoms with Crippen LogP contribution in [0.4, 0.5) is 23.4 Å². The highest BCUT2D eigenvalue weighted by Gasteiger charge is 2.38. The average Bonchev–Trinajstić information content (AvgIpc) is 3.37. The zero-order valence-corrected chi connectivity index (χ0v) is 23.1. The lowest BCUT2D eigenvalue weighted by Gasteiger charge is -2.28. The minimum atomic E-state index is -4.55. The van der Waals surface area contributed by atoms with Crippen molar-refractivity contribution in [1.82, 2.24) is 14.8 Å². The number of anilines is 1. The van der Waals surface area contributed by atoms with Gasteiger partial charge in [-0.05, 0) is 81.4 Å². The van der Waals surface area contributed by atoms with Gasteiger partial charge >= 0.3 is 12.1 Å². The van der Waals surface area contributed by atoms with Crippen LogP contribution in [0.3, 0.4) is 0 Å². The topological polar surface area (TPSA) is 77.9 Å². The Morgan fingerprint density at radius 2 is 2.08 bits per heavy atom. The number of rotatable bonds is 12. The van der Waals surface area contributed by atoms with Crippen LogP contribution in [0.15, 0.2) is 24.3 Å². The average molecular weight is 567 g/mol. The molecule has 1 unspecified atom stereocenters. The van der Waals surface area contributed by atoms with E-state index in [2.05, 4.69) is 22.3 Å². The third-order valence-corrected chi connectivity index (χ3v) is 7.85. The fourth-order valence-electron chi connectivity index (χ4n) is 5.81. The van der Waals surface area contributed by atoms with Crippen molar-refractivity contribution >= 4 is 11.8 Å². The van der Waals surface area contributed by atoms with Gasteiger partial charge < -0.3 is 20.1 Å². The van der Waals surface area contributed by atoms with Gasteiger partial charge in [-0.15, -0.1) is 0 Å². The van der Waals surface area contributed by atoms with Gasteiger partial charge in [-0.1, -0.05) is 12.5 Å². The normalized spacial score (nSPS) is 18.4. The lowest BCUT2D eigenvalue weighted by Crippen LogP contribution is -2.38. The van der Waals surface area contributed by atoms with Crippen molar-refractivity contribution in [2.45, 2.75) is 69.6 Å². The van der Waals surface area contributed by atoms with E-state index in [0.717, 1.165) is 75.3 Å². The number of carboxylic acid groups (broad SMARTS) is 1. The Kier molecular flexibility index (Phi) is 9.89. The molecule has 1 aromatic heterocycles. The number of methoxy groups -OCH3 is 1. The number of benzene rings is 1.